The van der Waals surface area contributed by atoms with Crippen molar-refractivity contribution >= 4 is 28.8 Å². The van der Waals surface area contributed by atoms with E-state index in [9.17, 15) is 10.1 Å². The van der Waals surface area contributed by atoms with Gasteiger partial charge in [0.25, 0.3) is 5.22 Å². The minimum atomic E-state index is -0.862. The number of carbonyl (C=O) groups is 1. The molecule has 5 nitrogen and oxygen atoms in total. The van der Waals surface area contributed by atoms with Crippen LogP contribution in [0, 0.1) is 17.2 Å². The summed E-state index contributed by atoms with van der Waals surface area (Å²) in [4.78, 5) is 16.2. The van der Waals surface area contributed by atoms with Gasteiger partial charge < -0.3 is 9.73 Å². The quantitative estimate of drug-likeness (QED) is 0.859. The van der Waals surface area contributed by atoms with E-state index in [1.54, 1.807) is 6.92 Å². The van der Waals surface area contributed by atoms with Crippen LogP contribution in [-0.4, -0.2) is 22.2 Å². The highest BCUT2D eigenvalue weighted by atomic mass is 32.2. The molecule has 1 N–H and O–H groups in total. The summed E-state index contributed by atoms with van der Waals surface area (Å²) in [5.74, 6) is -0.0163. The van der Waals surface area contributed by atoms with Crippen LogP contribution in [0.5, 0.6) is 0 Å². The Hall–Kier alpha value is -2.00. The van der Waals surface area contributed by atoms with Crippen molar-refractivity contribution in [3.8, 4) is 6.07 Å². The van der Waals surface area contributed by atoms with Crippen LogP contribution in [0.3, 0.4) is 0 Å². The van der Waals surface area contributed by atoms with Gasteiger partial charge in [-0.1, -0.05) is 37.7 Å². The zero-order valence-electron chi connectivity index (χ0n) is 12.2. The minimum absolute atomic E-state index is 0.0285. The van der Waals surface area contributed by atoms with E-state index < -0.39 is 5.54 Å². The second-order valence-corrected chi connectivity index (χ2v) is 6.18. The van der Waals surface area contributed by atoms with Crippen LogP contribution in [-0.2, 0) is 4.79 Å². The van der Waals surface area contributed by atoms with E-state index in [0.29, 0.717) is 10.8 Å². The number of para-hydroxylation sites is 2. The lowest BCUT2D eigenvalue weighted by Gasteiger charge is -2.27. The molecule has 21 heavy (non-hydrogen) atoms. The fraction of sp³-hybridized carbons (Fsp3) is 0.400. The van der Waals surface area contributed by atoms with Gasteiger partial charge in [0.05, 0.1) is 11.8 Å². The van der Waals surface area contributed by atoms with Crippen molar-refractivity contribution in [1.29, 1.82) is 5.26 Å². The van der Waals surface area contributed by atoms with Crippen LogP contribution in [0.4, 0.5) is 0 Å². The van der Waals surface area contributed by atoms with Crippen molar-refractivity contribution < 1.29 is 9.21 Å². The largest absolute Gasteiger partial charge is 0.431 e. The summed E-state index contributed by atoms with van der Waals surface area (Å²) in [5, 5.41) is 12.4. The van der Waals surface area contributed by atoms with Gasteiger partial charge in [0.2, 0.25) is 5.91 Å². The number of nitrogens with one attached hydrogen (secondary N) is 1. The van der Waals surface area contributed by atoms with Gasteiger partial charge in [0.15, 0.2) is 5.58 Å². The third-order valence-electron chi connectivity index (χ3n) is 3.39. The summed E-state index contributed by atoms with van der Waals surface area (Å²) in [6.45, 7) is 5.52. The first-order valence-corrected chi connectivity index (χ1v) is 7.64. The van der Waals surface area contributed by atoms with Crippen LogP contribution in [0.2, 0.25) is 0 Å². The number of thioether (sulfide) groups is 1. The number of oxazole rings is 1. The Morgan fingerprint density at radius 2 is 2.24 bits per heavy atom. The Morgan fingerprint density at radius 1 is 1.52 bits per heavy atom. The Balaban J connectivity index is 1.96. The molecule has 0 aliphatic carbocycles. The predicted octanol–water partition coefficient (Wildman–Crippen LogP) is 2.97. The minimum Gasteiger partial charge on any atom is -0.431 e. The number of hydrogen-bond acceptors (Lipinski definition) is 5. The number of nitrogens with zero attached hydrogens (tertiary/aromatic N) is 2. The van der Waals surface area contributed by atoms with Crippen molar-refractivity contribution in [3.63, 3.8) is 0 Å². The van der Waals surface area contributed by atoms with Gasteiger partial charge in [0.1, 0.15) is 11.1 Å². The zero-order chi connectivity index (χ0) is 15.5. The van der Waals surface area contributed by atoms with Crippen LogP contribution in [0.15, 0.2) is 33.9 Å². The van der Waals surface area contributed by atoms with E-state index >= 15 is 0 Å². The topological polar surface area (TPSA) is 78.9 Å². The molecule has 2 aromatic rings. The van der Waals surface area contributed by atoms with Gasteiger partial charge in [-0.25, -0.2) is 4.98 Å². The molecule has 1 amide bonds. The Bertz CT molecular complexity index is 657. The van der Waals surface area contributed by atoms with E-state index in [0.717, 1.165) is 5.52 Å². The first-order valence-electron chi connectivity index (χ1n) is 6.65. The lowest BCUT2D eigenvalue weighted by atomic mass is 9.90. The maximum Gasteiger partial charge on any atom is 0.257 e. The highest BCUT2D eigenvalue weighted by molar-refractivity contribution is 7.99. The molecule has 0 saturated carbocycles. The summed E-state index contributed by atoms with van der Waals surface area (Å²) in [6.07, 6.45) is 0. The molecule has 1 aromatic carbocycles. The van der Waals surface area contributed by atoms with E-state index in [1.165, 1.54) is 11.8 Å². The third-order valence-corrected chi connectivity index (χ3v) is 4.22. The van der Waals surface area contributed by atoms with Crippen LogP contribution in [0.25, 0.3) is 11.1 Å². The molecule has 1 heterocycles. The second-order valence-electron chi connectivity index (χ2n) is 5.25. The second kappa shape index (κ2) is 6.19. The molecule has 0 bridgehead atoms. The van der Waals surface area contributed by atoms with Crippen molar-refractivity contribution in [3.05, 3.63) is 24.3 Å². The lowest BCUT2D eigenvalue weighted by Crippen LogP contribution is -2.49. The molecule has 1 atom stereocenters. The first-order chi connectivity index (χ1) is 9.94. The number of rotatable bonds is 5. The summed E-state index contributed by atoms with van der Waals surface area (Å²) >= 11 is 1.22. The Kier molecular flexibility index (Phi) is 4.53. The lowest BCUT2D eigenvalue weighted by molar-refractivity contribution is -0.120. The molecule has 0 aliphatic heterocycles. The summed E-state index contributed by atoms with van der Waals surface area (Å²) in [7, 11) is 0. The van der Waals surface area contributed by atoms with Crippen molar-refractivity contribution in [2.45, 2.75) is 31.5 Å². The number of carbonyl (C=O) groups excluding carboxylic acids is 1. The third kappa shape index (κ3) is 3.56. The zero-order valence-corrected chi connectivity index (χ0v) is 13.0. The van der Waals surface area contributed by atoms with Crippen LogP contribution < -0.4 is 5.32 Å². The molecular formula is C15H17N3O2S. The van der Waals surface area contributed by atoms with Gasteiger partial charge in [-0.15, -0.1) is 0 Å². The normalized spacial score (nSPS) is 13.9. The molecule has 0 radical (unpaired) electrons. The Morgan fingerprint density at radius 3 is 2.86 bits per heavy atom. The molecule has 0 spiro atoms. The van der Waals surface area contributed by atoms with Crippen LogP contribution in [0.1, 0.15) is 20.8 Å². The summed E-state index contributed by atoms with van der Waals surface area (Å²) in [6, 6.07) is 9.59. The molecule has 6 heteroatoms. The highest BCUT2D eigenvalue weighted by Crippen LogP contribution is 2.23. The van der Waals surface area contributed by atoms with E-state index in [-0.39, 0.29) is 17.6 Å². The fourth-order valence-electron chi connectivity index (χ4n) is 1.67. The Labute approximate surface area is 127 Å². The molecule has 1 aromatic heterocycles. The van der Waals surface area contributed by atoms with E-state index in [2.05, 4.69) is 16.4 Å². The smallest absolute Gasteiger partial charge is 0.257 e. The standard InChI is InChI=1S/C15H17N3O2S/c1-10(2)15(3,9-16)18-13(19)8-21-14-17-11-6-4-5-7-12(11)20-14/h4-7,10H,8H2,1-3H3,(H,18,19)/t15-/m0/s1. The van der Waals surface area contributed by atoms with Crippen molar-refractivity contribution in [2.75, 3.05) is 5.75 Å². The van der Waals surface area contributed by atoms with E-state index in [1.807, 2.05) is 38.1 Å². The summed E-state index contributed by atoms with van der Waals surface area (Å²) < 4.78 is 5.53. The van der Waals surface area contributed by atoms with Gasteiger partial charge in [0, 0.05) is 0 Å². The highest BCUT2D eigenvalue weighted by Gasteiger charge is 2.29. The van der Waals surface area contributed by atoms with E-state index in [4.69, 9.17) is 4.42 Å². The van der Waals surface area contributed by atoms with Gasteiger partial charge >= 0.3 is 0 Å². The number of benzene rings is 1. The number of fused-ring (bicyclic) bond motifs is 1. The molecule has 0 aliphatic rings. The molecule has 110 valence electrons. The molecule has 0 unspecified atom stereocenters. The van der Waals surface area contributed by atoms with Crippen molar-refractivity contribution in [2.24, 2.45) is 5.92 Å². The monoisotopic (exact) mass is 303 g/mol. The van der Waals surface area contributed by atoms with Gasteiger partial charge in [-0.2, -0.15) is 5.26 Å². The molecular weight excluding hydrogens is 286 g/mol. The maximum atomic E-state index is 12.0. The molecule has 0 fully saturated rings. The maximum absolute atomic E-state index is 12.0. The number of nitriles is 1. The van der Waals surface area contributed by atoms with Crippen LogP contribution >= 0.6 is 11.8 Å². The average Bonchev–Trinajstić information content (AvgIpc) is 2.87. The number of aromatic nitrogens is 1. The summed E-state index contributed by atoms with van der Waals surface area (Å²) in [5.41, 5.74) is 0.604. The first kappa shape index (κ1) is 15.4. The molecule has 2 rings (SSSR count). The fourth-order valence-corrected chi connectivity index (χ4v) is 2.31. The number of amides is 1. The van der Waals surface area contributed by atoms with Gasteiger partial charge in [-0.05, 0) is 25.0 Å². The predicted molar refractivity (Wildman–Crippen MR) is 81.7 cm³/mol. The molecule has 0 saturated heterocycles. The average molecular weight is 303 g/mol. The van der Waals surface area contributed by atoms with Gasteiger partial charge in [-0.3, -0.25) is 4.79 Å². The number of hydrogen-bond donors (Lipinski definition) is 1. The SMILES string of the molecule is CC(C)[C@](C)(C#N)NC(=O)CSc1nc2ccccc2o1. The van der Waals surface area contributed by atoms with Crippen molar-refractivity contribution in [1.82, 2.24) is 10.3 Å².